The van der Waals surface area contributed by atoms with Gasteiger partial charge in [0.05, 0.1) is 17.2 Å². The Morgan fingerprint density at radius 1 is 1.32 bits per heavy atom. The molecule has 1 atom stereocenters. The lowest BCUT2D eigenvalue weighted by molar-refractivity contribution is 0.601. The highest BCUT2D eigenvalue weighted by Crippen LogP contribution is 2.32. The normalized spacial score (nSPS) is 20.1. The van der Waals surface area contributed by atoms with E-state index in [4.69, 9.17) is 0 Å². The molecule has 0 saturated carbocycles. The van der Waals surface area contributed by atoms with Gasteiger partial charge in [0.25, 0.3) is 0 Å². The summed E-state index contributed by atoms with van der Waals surface area (Å²) < 4.78 is 27.0. The molecule has 1 fully saturated rings. The molecule has 1 saturated heterocycles. The van der Waals surface area contributed by atoms with Crippen molar-refractivity contribution in [3.8, 4) is 11.5 Å². The van der Waals surface area contributed by atoms with E-state index in [9.17, 15) is 8.42 Å². The van der Waals surface area contributed by atoms with Gasteiger partial charge >= 0.3 is 0 Å². The van der Waals surface area contributed by atoms with Gasteiger partial charge in [0.1, 0.15) is 10.7 Å². The highest BCUT2D eigenvalue weighted by Gasteiger charge is 2.32. The Morgan fingerprint density at radius 2 is 2.12 bits per heavy atom. The second-order valence-corrected chi connectivity index (χ2v) is 10.2. The first-order valence-corrected chi connectivity index (χ1v) is 10.9. The number of sulfone groups is 1. The van der Waals surface area contributed by atoms with Crippen LogP contribution in [0.25, 0.3) is 16.5 Å². The van der Waals surface area contributed by atoms with Gasteiger partial charge in [-0.3, -0.25) is 4.68 Å². The van der Waals surface area contributed by atoms with Crippen LogP contribution in [0.4, 0.5) is 0 Å². The van der Waals surface area contributed by atoms with E-state index < -0.39 is 9.84 Å². The number of aromatic nitrogens is 6. The van der Waals surface area contributed by atoms with Crippen molar-refractivity contribution in [2.45, 2.75) is 32.6 Å². The molecule has 8 nitrogen and oxygen atoms in total. The summed E-state index contributed by atoms with van der Waals surface area (Å²) in [5, 5.41) is 18.4. The predicted octanol–water partition coefficient (Wildman–Crippen LogP) is 1.69. The molecule has 0 unspecified atom stereocenters. The van der Waals surface area contributed by atoms with Crippen molar-refractivity contribution in [1.29, 1.82) is 0 Å². The second kappa shape index (κ2) is 5.87. The summed E-state index contributed by atoms with van der Waals surface area (Å²) in [5.41, 5.74) is 1.88. The lowest BCUT2D eigenvalue weighted by Gasteiger charge is -2.00. The van der Waals surface area contributed by atoms with Crippen LogP contribution in [-0.2, 0) is 23.3 Å². The van der Waals surface area contributed by atoms with E-state index >= 15 is 0 Å². The van der Waals surface area contributed by atoms with Gasteiger partial charge in [-0.1, -0.05) is 25.2 Å². The van der Waals surface area contributed by atoms with Crippen molar-refractivity contribution >= 4 is 26.1 Å². The number of nitrogens with zero attached hydrogens (tertiary/aromatic N) is 6. The van der Waals surface area contributed by atoms with Crippen LogP contribution in [-0.4, -0.2) is 49.5 Å². The maximum atomic E-state index is 11.7. The maximum absolute atomic E-state index is 11.7. The summed E-state index contributed by atoms with van der Waals surface area (Å²) in [4.78, 5) is 0.681. The minimum absolute atomic E-state index is 0.0346. The molecule has 4 heterocycles. The van der Waals surface area contributed by atoms with Crippen LogP contribution in [0.2, 0.25) is 0 Å². The third-order valence-corrected chi connectivity index (χ3v) is 7.19. The van der Waals surface area contributed by atoms with Crippen molar-refractivity contribution in [2.24, 2.45) is 13.0 Å². The summed E-state index contributed by atoms with van der Waals surface area (Å²) in [6.45, 7) is 4.32. The zero-order valence-corrected chi connectivity index (χ0v) is 16.0. The quantitative estimate of drug-likeness (QED) is 0.683. The molecule has 0 bridgehead atoms. The van der Waals surface area contributed by atoms with Crippen LogP contribution in [0.1, 0.15) is 36.9 Å². The molecule has 0 aromatic carbocycles. The maximum Gasteiger partial charge on any atom is 0.235 e. The van der Waals surface area contributed by atoms with E-state index in [0.29, 0.717) is 23.1 Å². The molecule has 3 aromatic heterocycles. The molecule has 0 N–H and O–H groups in total. The van der Waals surface area contributed by atoms with Gasteiger partial charge in [0, 0.05) is 13.0 Å². The van der Waals surface area contributed by atoms with E-state index in [1.807, 2.05) is 13.1 Å². The van der Waals surface area contributed by atoms with Crippen LogP contribution in [0.5, 0.6) is 0 Å². The first kappa shape index (κ1) is 16.6. The Labute approximate surface area is 149 Å². The number of aryl methyl sites for hydroxylation is 1. The van der Waals surface area contributed by atoms with Crippen molar-refractivity contribution in [3.63, 3.8) is 0 Å². The Balaban J connectivity index is 1.71. The van der Waals surface area contributed by atoms with Gasteiger partial charge in [-0.25, -0.2) is 8.42 Å². The second-order valence-electron chi connectivity index (χ2n) is 7.00. The standard InChI is InChI=1S/C15H20N6O2S2/c1-9(2)6-11-7-12(20(3)18-11)13-16-17-15-21(13)19-14(24-15)10-4-5-25(22,23)8-10/h7,9-10H,4-6,8H2,1-3H3/t10-/m1/s1. The predicted molar refractivity (Wildman–Crippen MR) is 95.4 cm³/mol. The fourth-order valence-corrected chi connectivity index (χ4v) is 6.03. The Hall–Kier alpha value is -1.81. The molecule has 0 aliphatic carbocycles. The van der Waals surface area contributed by atoms with Crippen molar-refractivity contribution < 1.29 is 8.42 Å². The first-order chi connectivity index (χ1) is 11.8. The monoisotopic (exact) mass is 380 g/mol. The van der Waals surface area contributed by atoms with Gasteiger partial charge in [-0.2, -0.15) is 14.7 Å². The molecule has 4 rings (SSSR count). The van der Waals surface area contributed by atoms with Crippen molar-refractivity contribution in [3.05, 3.63) is 16.8 Å². The topological polar surface area (TPSA) is 95.0 Å². The van der Waals surface area contributed by atoms with Crippen LogP contribution in [0, 0.1) is 5.92 Å². The third kappa shape index (κ3) is 3.08. The van der Waals surface area contributed by atoms with Crippen LogP contribution in [0.3, 0.4) is 0 Å². The molecule has 134 valence electrons. The molecular weight excluding hydrogens is 360 g/mol. The average molecular weight is 380 g/mol. The lowest BCUT2D eigenvalue weighted by atomic mass is 10.1. The third-order valence-electron chi connectivity index (χ3n) is 4.37. The molecule has 0 amide bonds. The Bertz CT molecular complexity index is 1030. The molecule has 10 heteroatoms. The van der Waals surface area contributed by atoms with E-state index in [-0.39, 0.29) is 17.4 Å². The summed E-state index contributed by atoms with van der Waals surface area (Å²) in [6, 6.07) is 2.02. The van der Waals surface area contributed by atoms with Gasteiger partial charge in [0.15, 0.2) is 9.84 Å². The lowest BCUT2D eigenvalue weighted by Crippen LogP contribution is -2.04. The number of rotatable bonds is 4. The highest BCUT2D eigenvalue weighted by molar-refractivity contribution is 7.91. The minimum atomic E-state index is -2.93. The van der Waals surface area contributed by atoms with Gasteiger partial charge in [-0.05, 0) is 24.8 Å². The summed E-state index contributed by atoms with van der Waals surface area (Å²) >= 11 is 1.42. The van der Waals surface area contributed by atoms with Crippen molar-refractivity contribution in [2.75, 3.05) is 11.5 Å². The molecular formula is C15H20N6O2S2. The number of hydrogen-bond acceptors (Lipinski definition) is 7. The van der Waals surface area contributed by atoms with Crippen LogP contribution in [0.15, 0.2) is 6.07 Å². The van der Waals surface area contributed by atoms with E-state index in [1.165, 1.54) is 11.3 Å². The molecule has 25 heavy (non-hydrogen) atoms. The molecule has 3 aromatic rings. The zero-order valence-electron chi connectivity index (χ0n) is 14.4. The summed E-state index contributed by atoms with van der Waals surface area (Å²) in [6.07, 6.45) is 1.53. The highest BCUT2D eigenvalue weighted by atomic mass is 32.2. The molecule has 0 spiro atoms. The Kier molecular flexibility index (Phi) is 3.91. The van der Waals surface area contributed by atoms with Crippen LogP contribution < -0.4 is 0 Å². The fourth-order valence-electron chi connectivity index (χ4n) is 3.20. The molecule has 1 aliphatic rings. The molecule has 1 aliphatic heterocycles. The van der Waals surface area contributed by atoms with E-state index in [1.54, 1.807) is 9.20 Å². The van der Waals surface area contributed by atoms with Gasteiger partial charge < -0.3 is 0 Å². The van der Waals surface area contributed by atoms with E-state index in [2.05, 4.69) is 34.2 Å². The van der Waals surface area contributed by atoms with Gasteiger partial charge in [0.2, 0.25) is 10.8 Å². The minimum Gasteiger partial charge on any atom is -0.264 e. The van der Waals surface area contributed by atoms with Crippen LogP contribution >= 0.6 is 11.3 Å². The van der Waals surface area contributed by atoms with Gasteiger partial charge in [-0.15, -0.1) is 10.2 Å². The SMILES string of the molecule is CC(C)Cc1cc(-c2nnc3sc([C@@H]4CCS(=O)(=O)C4)nn23)n(C)n1. The average Bonchev–Trinajstić information content (AvgIpc) is 3.21. The van der Waals surface area contributed by atoms with Crippen molar-refractivity contribution in [1.82, 2.24) is 29.6 Å². The summed E-state index contributed by atoms with van der Waals surface area (Å²) in [5.74, 6) is 1.55. The largest absolute Gasteiger partial charge is 0.264 e. The van der Waals surface area contributed by atoms with E-state index in [0.717, 1.165) is 22.8 Å². The zero-order chi connectivity index (χ0) is 17.8. The summed E-state index contributed by atoms with van der Waals surface area (Å²) in [7, 11) is -1.05. The fraction of sp³-hybridized carbons (Fsp3) is 0.600. The first-order valence-electron chi connectivity index (χ1n) is 8.28. The molecule has 0 radical (unpaired) electrons. The smallest absolute Gasteiger partial charge is 0.235 e. The Morgan fingerprint density at radius 3 is 2.80 bits per heavy atom. The number of fused-ring (bicyclic) bond motifs is 1. The number of hydrogen-bond donors (Lipinski definition) is 0.